The molecule has 1 unspecified atom stereocenters. The molecule has 0 N–H and O–H groups in total. The Hall–Kier alpha value is -1.48. The first kappa shape index (κ1) is 21.2. The Morgan fingerprint density at radius 1 is 1.07 bits per heavy atom. The van der Waals surface area contributed by atoms with Crippen molar-refractivity contribution in [3.05, 3.63) is 29.8 Å². The van der Waals surface area contributed by atoms with Gasteiger partial charge in [-0.3, -0.25) is 9.69 Å². The second-order valence-electron chi connectivity index (χ2n) is 8.09. The van der Waals surface area contributed by atoms with E-state index in [1.165, 1.54) is 4.31 Å². The Bertz CT molecular complexity index is 771. The van der Waals surface area contributed by atoms with Crippen LogP contribution in [0.15, 0.2) is 29.2 Å². The highest BCUT2D eigenvalue weighted by Gasteiger charge is 2.31. The van der Waals surface area contributed by atoms with Gasteiger partial charge in [-0.25, -0.2) is 8.42 Å². The predicted octanol–water partition coefficient (Wildman–Crippen LogP) is 0.854. The zero-order valence-corrected chi connectivity index (χ0v) is 18.0. The molecule has 0 saturated carbocycles. The van der Waals surface area contributed by atoms with E-state index in [0.717, 1.165) is 31.5 Å². The van der Waals surface area contributed by atoms with Gasteiger partial charge in [0, 0.05) is 45.3 Å². The summed E-state index contributed by atoms with van der Waals surface area (Å²) < 4.78 is 27.1. The predicted molar refractivity (Wildman–Crippen MR) is 110 cm³/mol. The first-order chi connectivity index (χ1) is 13.3. The number of sulfonamides is 1. The number of nitrogens with zero attached hydrogens (tertiary/aromatic N) is 4. The molecule has 2 saturated heterocycles. The van der Waals surface area contributed by atoms with Crippen molar-refractivity contribution in [3.63, 3.8) is 0 Å². The summed E-state index contributed by atoms with van der Waals surface area (Å²) in [6.45, 7) is 5.93. The van der Waals surface area contributed by atoms with Crippen LogP contribution in [-0.4, -0.2) is 99.3 Å². The van der Waals surface area contributed by atoms with Crippen molar-refractivity contribution < 1.29 is 13.2 Å². The molecule has 156 valence electrons. The minimum Gasteiger partial charge on any atom is -0.340 e. The highest BCUT2D eigenvalue weighted by Crippen LogP contribution is 2.19. The van der Waals surface area contributed by atoms with Crippen LogP contribution in [0.5, 0.6) is 0 Å². The third kappa shape index (κ3) is 4.92. The first-order valence-electron chi connectivity index (χ1n) is 10.0. The maximum Gasteiger partial charge on any atom is 0.243 e. The molecule has 0 aromatic heterocycles. The molecule has 0 bridgehead atoms. The number of piperazine rings is 1. The van der Waals surface area contributed by atoms with Gasteiger partial charge in [0.25, 0.3) is 0 Å². The van der Waals surface area contributed by atoms with Gasteiger partial charge in [0.15, 0.2) is 0 Å². The molecule has 2 aliphatic heterocycles. The number of aryl methyl sites for hydroxylation is 1. The average molecular weight is 409 g/mol. The summed E-state index contributed by atoms with van der Waals surface area (Å²) in [5.41, 5.74) is 1.04. The molecule has 0 radical (unpaired) electrons. The Morgan fingerprint density at radius 2 is 1.71 bits per heavy atom. The van der Waals surface area contributed by atoms with Crippen LogP contribution in [0.25, 0.3) is 0 Å². The molecule has 1 atom stereocenters. The van der Waals surface area contributed by atoms with Crippen LogP contribution in [0.2, 0.25) is 0 Å². The van der Waals surface area contributed by atoms with Gasteiger partial charge < -0.3 is 9.80 Å². The average Bonchev–Trinajstić information content (AvgIpc) is 2.69. The number of amides is 1. The van der Waals surface area contributed by atoms with Gasteiger partial charge in [-0.05, 0) is 46.0 Å². The maximum absolute atomic E-state index is 12.8. The third-order valence-electron chi connectivity index (χ3n) is 5.83. The number of benzene rings is 1. The molecule has 1 aromatic carbocycles. The fourth-order valence-electron chi connectivity index (χ4n) is 3.88. The van der Waals surface area contributed by atoms with Crippen LogP contribution in [-0.2, 0) is 14.8 Å². The summed E-state index contributed by atoms with van der Waals surface area (Å²) >= 11 is 0. The van der Waals surface area contributed by atoms with Crippen molar-refractivity contribution in [3.8, 4) is 0 Å². The number of hydrogen-bond acceptors (Lipinski definition) is 5. The Balaban J connectivity index is 1.52. The van der Waals surface area contributed by atoms with Gasteiger partial charge in [0.2, 0.25) is 15.9 Å². The summed E-state index contributed by atoms with van der Waals surface area (Å²) in [7, 11) is 0.662. The van der Waals surface area contributed by atoms with Crippen molar-refractivity contribution in [1.29, 1.82) is 0 Å². The lowest BCUT2D eigenvalue weighted by atomic mass is 10.0. The van der Waals surface area contributed by atoms with Crippen LogP contribution >= 0.6 is 0 Å². The largest absolute Gasteiger partial charge is 0.340 e. The highest BCUT2D eigenvalue weighted by atomic mass is 32.2. The zero-order valence-electron chi connectivity index (χ0n) is 17.2. The van der Waals surface area contributed by atoms with Gasteiger partial charge >= 0.3 is 0 Å². The van der Waals surface area contributed by atoms with E-state index in [-0.39, 0.29) is 5.91 Å². The Kier molecular flexibility index (Phi) is 6.75. The molecule has 3 rings (SSSR count). The normalized spacial score (nSPS) is 22.6. The van der Waals surface area contributed by atoms with E-state index in [1.54, 1.807) is 12.1 Å². The summed E-state index contributed by atoms with van der Waals surface area (Å²) in [6, 6.07) is 7.40. The number of hydrogen-bond donors (Lipinski definition) is 0. The number of likely N-dealkylation sites (N-methyl/N-ethyl adjacent to an activating group) is 1. The van der Waals surface area contributed by atoms with Crippen molar-refractivity contribution in [2.45, 2.75) is 30.7 Å². The molecule has 0 aliphatic carbocycles. The van der Waals surface area contributed by atoms with Crippen molar-refractivity contribution in [1.82, 2.24) is 19.0 Å². The standard InChI is InChI=1S/C20H32N4O3S/c1-17-6-8-19(9-7-17)28(26,27)24-13-11-22(12-14-24)16-20(25)23-10-4-5-18(15-23)21(2)3/h6-9,18H,4-5,10-16H2,1-3H3. The van der Waals surface area contributed by atoms with Crippen LogP contribution in [0.4, 0.5) is 0 Å². The van der Waals surface area contributed by atoms with Gasteiger partial charge in [-0.2, -0.15) is 4.31 Å². The molecule has 1 amide bonds. The fraction of sp³-hybridized carbons (Fsp3) is 0.650. The first-order valence-corrected chi connectivity index (χ1v) is 11.4. The fourth-order valence-corrected chi connectivity index (χ4v) is 5.30. The van der Waals surface area contributed by atoms with Gasteiger partial charge in [0.1, 0.15) is 0 Å². The van der Waals surface area contributed by atoms with Gasteiger partial charge in [-0.1, -0.05) is 17.7 Å². The summed E-state index contributed by atoms with van der Waals surface area (Å²) in [5, 5.41) is 0. The molecule has 7 nitrogen and oxygen atoms in total. The molecule has 2 aliphatic rings. The van der Waals surface area contributed by atoms with Crippen LogP contribution in [0.3, 0.4) is 0 Å². The van der Waals surface area contributed by atoms with Crippen molar-refractivity contribution in [2.24, 2.45) is 0 Å². The SMILES string of the molecule is Cc1ccc(S(=O)(=O)N2CCN(CC(=O)N3CCCC(N(C)C)C3)CC2)cc1. The molecule has 0 spiro atoms. The Labute approximate surface area is 168 Å². The lowest BCUT2D eigenvalue weighted by Gasteiger charge is -2.38. The highest BCUT2D eigenvalue weighted by molar-refractivity contribution is 7.89. The number of rotatable bonds is 5. The number of likely N-dealkylation sites (tertiary alicyclic amines) is 1. The van der Waals surface area contributed by atoms with Gasteiger partial charge in [-0.15, -0.1) is 0 Å². The van der Waals surface area contributed by atoms with E-state index in [4.69, 9.17) is 0 Å². The topological polar surface area (TPSA) is 64.2 Å². The van der Waals surface area contributed by atoms with E-state index >= 15 is 0 Å². The molecular weight excluding hydrogens is 376 g/mol. The van der Waals surface area contributed by atoms with Crippen molar-refractivity contribution >= 4 is 15.9 Å². The number of carbonyl (C=O) groups excluding carboxylic acids is 1. The molecule has 2 heterocycles. The van der Waals surface area contributed by atoms with E-state index in [2.05, 4.69) is 23.9 Å². The maximum atomic E-state index is 12.8. The summed E-state index contributed by atoms with van der Waals surface area (Å²) in [4.78, 5) is 19.3. The smallest absolute Gasteiger partial charge is 0.243 e. The van der Waals surface area contributed by atoms with E-state index in [9.17, 15) is 13.2 Å². The second-order valence-corrected chi connectivity index (χ2v) is 10.0. The third-order valence-corrected chi connectivity index (χ3v) is 7.74. The van der Waals surface area contributed by atoms with Crippen molar-refractivity contribution in [2.75, 3.05) is 59.9 Å². The summed E-state index contributed by atoms with van der Waals surface area (Å²) in [5.74, 6) is 0.154. The van der Waals surface area contributed by atoms with Crippen LogP contribution in [0.1, 0.15) is 18.4 Å². The second kappa shape index (κ2) is 8.90. The molecule has 1 aromatic rings. The number of carbonyl (C=O) groups is 1. The van der Waals surface area contributed by atoms with Crippen LogP contribution in [0, 0.1) is 6.92 Å². The lowest BCUT2D eigenvalue weighted by molar-refractivity contribution is -0.134. The molecule has 8 heteroatoms. The lowest BCUT2D eigenvalue weighted by Crippen LogP contribution is -2.53. The van der Waals surface area contributed by atoms with E-state index in [1.807, 2.05) is 24.0 Å². The monoisotopic (exact) mass is 408 g/mol. The van der Waals surface area contributed by atoms with Gasteiger partial charge in [0.05, 0.1) is 11.4 Å². The Morgan fingerprint density at radius 3 is 2.32 bits per heavy atom. The van der Waals surface area contributed by atoms with E-state index in [0.29, 0.717) is 43.7 Å². The number of piperidine rings is 1. The van der Waals surface area contributed by atoms with E-state index < -0.39 is 10.0 Å². The minimum atomic E-state index is -3.46. The zero-order chi connectivity index (χ0) is 20.3. The minimum absolute atomic E-state index is 0.154. The van der Waals surface area contributed by atoms with Crippen LogP contribution < -0.4 is 0 Å². The summed E-state index contributed by atoms with van der Waals surface area (Å²) in [6.07, 6.45) is 2.17. The molecule has 28 heavy (non-hydrogen) atoms. The molecular formula is C20H32N4O3S. The molecule has 2 fully saturated rings. The quantitative estimate of drug-likeness (QED) is 0.723.